The number of rotatable bonds is 9. The Balaban J connectivity index is 2.44. The summed E-state index contributed by atoms with van der Waals surface area (Å²) in [5.41, 5.74) is 1.27. The molecule has 0 amide bonds. The molecule has 0 atom stereocenters. The van der Waals surface area contributed by atoms with Crippen LogP contribution in [0.2, 0.25) is 0 Å². The van der Waals surface area contributed by atoms with E-state index in [0.717, 1.165) is 49.7 Å². The number of benzene rings is 1. The molecule has 108 valence electrons. The summed E-state index contributed by atoms with van der Waals surface area (Å²) < 4.78 is 10.5. The van der Waals surface area contributed by atoms with Crippen molar-refractivity contribution in [2.75, 3.05) is 40.2 Å². The van der Waals surface area contributed by atoms with Crippen molar-refractivity contribution in [3.05, 3.63) is 23.8 Å². The lowest BCUT2D eigenvalue weighted by molar-refractivity contribution is 0.331. The number of methoxy groups -OCH3 is 2. The predicted octanol–water partition coefficient (Wildman–Crippen LogP) is 3.20. The third kappa shape index (κ3) is 5.70. The van der Waals surface area contributed by atoms with Gasteiger partial charge in [0.1, 0.15) is 0 Å². The highest BCUT2D eigenvalue weighted by Crippen LogP contribution is 2.27. The number of halogens is 1. The maximum absolute atomic E-state index is 5.68. The summed E-state index contributed by atoms with van der Waals surface area (Å²) in [7, 11) is 5.47. The van der Waals surface area contributed by atoms with Gasteiger partial charge < -0.3 is 14.4 Å². The van der Waals surface area contributed by atoms with Crippen LogP contribution in [0.1, 0.15) is 18.4 Å². The maximum Gasteiger partial charge on any atom is 0.160 e. The number of nitrogens with zero attached hydrogens (tertiary/aromatic N) is 1. The summed E-state index contributed by atoms with van der Waals surface area (Å²) >= 11 is 5.68. The second-order valence-corrected chi connectivity index (χ2v) is 5.02. The van der Waals surface area contributed by atoms with Gasteiger partial charge in [0.25, 0.3) is 0 Å². The zero-order chi connectivity index (χ0) is 14.1. The maximum atomic E-state index is 5.68. The molecule has 0 unspecified atom stereocenters. The summed E-state index contributed by atoms with van der Waals surface area (Å²) in [5, 5.41) is 0. The number of hydrogen-bond donors (Lipinski definition) is 0. The highest BCUT2D eigenvalue weighted by molar-refractivity contribution is 6.17. The zero-order valence-corrected chi connectivity index (χ0v) is 12.9. The van der Waals surface area contributed by atoms with E-state index in [2.05, 4.69) is 18.0 Å². The van der Waals surface area contributed by atoms with E-state index in [1.807, 2.05) is 12.1 Å². The van der Waals surface area contributed by atoms with Crippen molar-refractivity contribution in [3.8, 4) is 11.5 Å². The first-order valence-electron chi connectivity index (χ1n) is 6.66. The molecule has 0 fully saturated rings. The van der Waals surface area contributed by atoms with Gasteiger partial charge >= 0.3 is 0 Å². The fourth-order valence-electron chi connectivity index (χ4n) is 1.94. The molecule has 0 N–H and O–H groups in total. The van der Waals surface area contributed by atoms with Gasteiger partial charge in [0, 0.05) is 12.4 Å². The Bertz CT molecular complexity index is 371. The van der Waals surface area contributed by atoms with Gasteiger partial charge in [0.15, 0.2) is 11.5 Å². The van der Waals surface area contributed by atoms with Crippen LogP contribution in [0.5, 0.6) is 11.5 Å². The minimum absolute atomic E-state index is 0.753. The molecule has 3 nitrogen and oxygen atoms in total. The average molecular weight is 286 g/mol. The zero-order valence-electron chi connectivity index (χ0n) is 12.1. The van der Waals surface area contributed by atoms with E-state index < -0.39 is 0 Å². The Hall–Kier alpha value is -0.930. The van der Waals surface area contributed by atoms with E-state index in [-0.39, 0.29) is 0 Å². The van der Waals surface area contributed by atoms with Crippen molar-refractivity contribution in [1.29, 1.82) is 0 Å². The lowest BCUT2D eigenvalue weighted by atomic mass is 10.1. The van der Waals surface area contributed by atoms with Gasteiger partial charge in [-0.2, -0.15) is 0 Å². The van der Waals surface area contributed by atoms with Crippen LogP contribution in [-0.2, 0) is 6.42 Å². The van der Waals surface area contributed by atoms with Crippen LogP contribution in [0.4, 0.5) is 0 Å². The summed E-state index contributed by atoms with van der Waals surface area (Å²) in [4.78, 5) is 2.34. The summed E-state index contributed by atoms with van der Waals surface area (Å²) in [6.45, 7) is 2.14. The van der Waals surface area contributed by atoms with Crippen molar-refractivity contribution in [1.82, 2.24) is 4.90 Å². The first-order valence-corrected chi connectivity index (χ1v) is 7.20. The summed E-state index contributed by atoms with van der Waals surface area (Å²) in [5.74, 6) is 2.33. The van der Waals surface area contributed by atoms with Crippen LogP contribution < -0.4 is 9.47 Å². The molecule has 1 aromatic carbocycles. The smallest absolute Gasteiger partial charge is 0.160 e. The normalized spacial score (nSPS) is 10.8. The summed E-state index contributed by atoms with van der Waals surface area (Å²) in [6, 6.07) is 6.10. The molecule has 0 saturated carbocycles. The van der Waals surface area contributed by atoms with Crippen molar-refractivity contribution in [2.45, 2.75) is 19.3 Å². The van der Waals surface area contributed by atoms with Crippen molar-refractivity contribution in [2.24, 2.45) is 0 Å². The van der Waals surface area contributed by atoms with Crippen LogP contribution in [0.15, 0.2) is 18.2 Å². The molecule has 4 heteroatoms. The quantitative estimate of drug-likeness (QED) is 0.514. The lowest BCUT2D eigenvalue weighted by Gasteiger charge is -2.16. The van der Waals surface area contributed by atoms with E-state index in [0.29, 0.717) is 0 Å². The molecule has 0 aliphatic rings. The van der Waals surface area contributed by atoms with E-state index in [1.165, 1.54) is 5.56 Å². The third-order valence-corrected chi connectivity index (χ3v) is 3.42. The second-order valence-electron chi connectivity index (χ2n) is 4.64. The van der Waals surface area contributed by atoms with Gasteiger partial charge in [-0.1, -0.05) is 6.07 Å². The van der Waals surface area contributed by atoms with E-state index >= 15 is 0 Å². The van der Waals surface area contributed by atoms with Crippen LogP contribution in [-0.4, -0.2) is 45.1 Å². The van der Waals surface area contributed by atoms with Gasteiger partial charge in [-0.25, -0.2) is 0 Å². The molecular formula is C15H24ClNO2. The predicted molar refractivity (Wildman–Crippen MR) is 80.7 cm³/mol. The number of ether oxygens (including phenoxy) is 2. The van der Waals surface area contributed by atoms with Crippen LogP contribution in [0.25, 0.3) is 0 Å². The van der Waals surface area contributed by atoms with Crippen molar-refractivity contribution in [3.63, 3.8) is 0 Å². The molecule has 0 heterocycles. The topological polar surface area (TPSA) is 21.7 Å². The standard InChI is InChI=1S/C15H24ClNO2/c1-17(10-5-4-9-16)11-8-13-6-7-14(18-2)15(12-13)19-3/h6-7,12H,4-5,8-11H2,1-3H3. The fraction of sp³-hybridized carbons (Fsp3) is 0.600. The monoisotopic (exact) mass is 285 g/mol. The molecule has 0 radical (unpaired) electrons. The second kappa shape index (κ2) is 9.05. The number of hydrogen-bond acceptors (Lipinski definition) is 3. The van der Waals surface area contributed by atoms with Crippen LogP contribution >= 0.6 is 11.6 Å². The molecule has 0 bridgehead atoms. The summed E-state index contributed by atoms with van der Waals surface area (Å²) in [6.07, 6.45) is 3.26. The Morgan fingerprint density at radius 1 is 1.05 bits per heavy atom. The Kier molecular flexibility index (Phi) is 7.68. The third-order valence-electron chi connectivity index (χ3n) is 3.15. The molecular weight excluding hydrogens is 262 g/mol. The van der Waals surface area contributed by atoms with Crippen LogP contribution in [0.3, 0.4) is 0 Å². The van der Waals surface area contributed by atoms with E-state index in [9.17, 15) is 0 Å². The van der Waals surface area contributed by atoms with Gasteiger partial charge in [-0.3, -0.25) is 0 Å². The van der Waals surface area contributed by atoms with Crippen molar-refractivity contribution >= 4 is 11.6 Å². The van der Waals surface area contributed by atoms with Gasteiger partial charge in [-0.05, 0) is 50.6 Å². The fourth-order valence-corrected chi connectivity index (χ4v) is 2.13. The molecule has 0 aromatic heterocycles. The van der Waals surface area contributed by atoms with E-state index in [1.54, 1.807) is 14.2 Å². The Morgan fingerprint density at radius 2 is 1.79 bits per heavy atom. The lowest BCUT2D eigenvalue weighted by Crippen LogP contribution is -2.22. The first-order chi connectivity index (χ1) is 9.21. The highest BCUT2D eigenvalue weighted by atomic mass is 35.5. The number of likely N-dealkylation sites (N-methyl/N-ethyl adjacent to an activating group) is 1. The van der Waals surface area contributed by atoms with Gasteiger partial charge in [0.2, 0.25) is 0 Å². The molecule has 0 aliphatic carbocycles. The molecule has 1 rings (SSSR count). The molecule has 0 saturated heterocycles. The SMILES string of the molecule is COc1ccc(CCN(C)CCCCCl)cc1OC. The average Bonchev–Trinajstić information content (AvgIpc) is 2.45. The number of unbranched alkanes of at least 4 members (excludes halogenated alkanes) is 1. The first kappa shape index (κ1) is 16.1. The minimum atomic E-state index is 0.753. The molecule has 1 aromatic rings. The molecule has 0 spiro atoms. The number of alkyl halides is 1. The molecule has 0 aliphatic heterocycles. The highest BCUT2D eigenvalue weighted by Gasteiger charge is 2.05. The molecule has 19 heavy (non-hydrogen) atoms. The van der Waals surface area contributed by atoms with Crippen molar-refractivity contribution < 1.29 is 9.47 Å². The van der Waals surface area contributed by atoms with Gasteiger partial charge in [0.05, 0.1) is 14.2 Å². The van der Waals surface area contributed by atoms with Crippen LogP contribution in [0, 0.1) is 0 Å². The largest absolute Gasteiger partial charge is 0.493 e. The van der Waals surface area contributed by atoms with E-state index in [4.69, 9.17) is 21.1 Å². The Labute approximate surface area is 121 Å². The minimum Gasteiger partial charge on any atom is -0.493 e. The van der Waals surface area contributed by atoms with Gasteiger partial charge in [-0.15, -0.1) is 11.6 Å². The Morgan fingerprint density at radius 3 is 2.42 bits per heavy atom.